The predicted octanol–water partition coefficient (Wildman–Crippen LogP) is 4.78. The van der Waals surface area contributed by atoms with E-state index in [0.29, 0.717) is 49.9 Å². The van der Waals surface area contributed by atoms with Crippen LogP contribution >= 0.6 is 11.6 Å². The number of aryl methyl sites for hydroxylation is 1. The second kappa shape index (κ2) is 11.3. The Morgan fingerprint density at radius 3 is 2.40 bits per heavy atom. The summed E-state index contributed by atoms with van der Waals surface area (Å²) in [6, 6.07) is 24.1. The predicted molar refractivity (Wildman–Crippen MR) is 137 cm³/mol. The number of hydrogen-bond donors (Lipinski definition) is 0. The van der Waals surface area contributed by atoms with Gasteiger partial charge in [0.25, 0.3) is 0 Å². The largest absolute Gasteiger partial charge is 0.368 e. The Morgan fingerprint density at radius 1 is 1.00 bits per heavy atom. The van der Waals surface area contributed by atoms with E-state index in [0.717, 1.165) is 11.1 Å². The van der Waals surface area contributed by atoms with Crippen molar-refractivity contribution in [1.82, 2.24) is 9.21 Å². The molecule has 0 spiro atoms. The van der Waals surface area contributed by atoms with Crippen LogP contribution in [-0.2, 0) is 21.4 Å². The molecule has 1 atom stereocenters. The van der Waals surface area contributed by atoms with E-state index in [1.54, 1.807) is 12.1 Å². The number of halogens is 1. The van der Waals surface area contributed by atoms with Gasteiger partial charge in [-0.3, -0.25) is 4.90 Å². The minimum absolute atomic E-state index is 0.158. The summed E-state index contributed by atoms with van der Waals surface area (Å²) >= 11 is 6.10. The summed E-state index contributed by atoms with van der Waals surface area (Å²) in [5.41, 5.74) is 3.66. The Kier molecular flexibility index (Phi) is 8.22. The van der Waals surface area contributed by atoms with Crippen LogP contribution in [0.1, 0.15) is 28.4 Å². The van der Waals surface area contributed by atoms with Gasteiger partial charge in [0, 0.05) is 37.7 Å². The molecule has 3 aromatic carbocycles. The molecule has 0 aromatic heterocycles. The molecule has 1 aliphatic rings. The molecule has 6 nitrogen and oxygen atoms in total. The fourth-order valence-electron chi connectivity index (χ4n) is 4.19. The third-order valence-corrected chi connectivity index (χ3v) is 8.28. The maximum atomic E-state index is 13.1. The molecule has 0 saturated carbocycles. The fourth-order valence-corrected chi connectivity index (χ4v) is 5.79. The molecule has 0 amide bonds. The van der Waals surface area contributed by atoms with E-state index in [-0.39, 0.29) is 11.0 Å². The Morgan fingerprint density at radius 2 is 1.71 bits per heavy atom. The van der Waals surface area contributed by atoms with Crippen molar-refractivity contribution in [2.24, 2.45) is 0 Å². The molecular weight excluding hydrogens is 482 g/mol. The zero-order valence-electron chi connectivity index (χ0n) is 19.6. The summed E-state index contributed by atoms with van der Waals surface area (Å²) in [5.74, 6) is 0. The van der Waals surface area contributed by atoms with Crippen molar-refractivity contribution in [1.29, 1.82) is 5.26 Å². The van der Waals surface area contributed by atoms with Crippen LogP contribution in [0.2, 0.25) is 5.02 Å². The quantitative estimate of drug-likeness (QED) is 0.436. The number of hydrogen-bond acceptors (Lipinski definition) is 5. The van der Waals surface area contributed by atoms with Crippen molar-refractivity contribution in [3.05, 3.63) is 100 Å². The Labute approximate surface area is 212 Å². The Balaban J connectivity index is 1.42. The van der Waals surface area contributed by atoms with Crippen LogP contribution in [0.15, 0.2) is 77.7 Å². The van der Waals surface area contributed by atoms with Gasteiger partial charge in [0.15, 0.2) is 0 Å². The lowest BCUT2D eigenvalue weighted by atomic mass is 10.1. The van der Waals surface area contributed by atoms with Gasteiger partial charge in [-0.05, 0) is 48.4 Å². The zero-order valence-corrected chi connectivity index (χ0v) is 21.2. The van der Waals surface area contributed by atoms with Gasteiger partial charge in [-0.2, -0.15) is 9.57 Å². The Bertz CT molecular complexity index is 1300. The SMILES string of the molecule is Cc1cccc(CO[C@H](CN2CCN(S(=O)(=O)c3cccc(C#N)c3)CC2)c2ccc(Cl)cc2)c1. The molecule has 8 heteroatoms. The molecule has 4 rings (SSSR count). The lowest BCUT2D eigenvalue weighted by molar-refractivity contribution is 0.00771. The number of nitrogens with zero attached hydrogens (tertiary/aromatic N) is 3. The highest BCUT2D eigenvalue weighted by atomic mass is 35.5. The minimum atomic E-state index is -3.64. The van der Waals surface area contributed by atoms with Gasteiger partial charge in [0.05, 0.1) is 29.2 Å². The van der Waals surface area contributed by atoms with E-state index in [1.165, 1.54) is 22.0 Å². The van der Waals surface area contributed by atoms with Crippen molar-refractivity contribution in [3.63, 3.8) is 0 Å². The molecule has 1 heterocycles. The highest BCUT2D eigenvalue weighted by Crippen LogP contribution is 2.25. The summed E-state index contributed by atoms with van der Waals surface area (Å²) in [6.07, 6.45) is -0.178. The average Bonchev–Trinajstić information content (AvgIpc) is 2.87. The van der Waals surface area contributed by atoms with E-state index in [2.05, 4.69) is 30.0 Å². The third-order valence-electron chi connectivity index (χ3n) is 6.13. The summed E-state index contributed by atoms with van der Waals surface area (Å²) in [4.78, 5) is 2.39. The smallest absolute Gasteiger partial charge is 0.243 e. The maximum absolute atomic E-state index is 13.1. The molecule has 0 radical (unpaired) electrons. The van der Waals surface area contributed by atoms with Gasteiger partial charge in [-0.1, -0.05) is 59.6 Å². The van der Waals surface area contributed by atoms with Crippen molar-refractivity contribution in [2.45, 2.75) is 24.5 Å². The molecule has 0 bridgehead atoms. The molecule has 1 saturated heterocycles. The molecule has 35 heavy (non-hydrogen) atoms. The standard InChI is InChI=1S/C27H28ClN3O3S/c1-21-4-2-6-23(16-21)20-34-27(24-8-10-25(28)11-9-24)19-30-12-14-31(15-13-30)35(32,33)26-7-3-5-22(17-26)18-29/h2-11,16-17,27H,12-15,19-20H2,1H3/t27-/m1/s1. The lowest BCUT2D eigenvalue weighted by Gasteiger charge is -2.36. The summed E-state index contributed by atoms with van der Waals surface area (Å²) in [7, 11) is -3.64. The molecule has 0 N–H and O–H groups in total. The summed E-state index contributed by atoms with van der Waals surface area (Å²) in [6.45, 7) is 5.13. The number of rotatable bonds is 8. The lowest BCUT2D eigenvalue weighted by Crippen LogP contribution is -2.49. The molecule has 182 valence electrons. The van der Waals surface area contributed by atoms with Crippen LogP contribution < -0.4 is 0 Å². The molecule has 1 aliphatic heterocycles. The third kappa shape index (κ3) is 6.49. The fraction of sp³-hybridized carbons (Fsp3) is 0.296. The van der Waals surface area contributed by atoms with Crippen molar-refractivity contribution < 1.29 is 13.2 Å². The number of nitriles is 1. The van der Waals surface area contributed by atoms with Crippen molar-refractivity contribution in [3.8, 4) is 6.07 Å². The van der Waals surface area contributed by atoms with Crippen LogP contribution in [0.4, 0.5) is 0 Å². The first-order chi connectivity index (χ1) is 16.8. The van der Waals surface area contributed by atoms with Gasteiger partial charge in [0.2, 0.25) is 10.0 Å². The van der Waals surface area contributed by atoms with E-state index in [4.69, 9.17) is 21.6 Å². The number of sulfonamides is 1. The number of benzene rings is 3. The topological polar surface area (TPSA) is 73.6 Å². The van der Waals surface area contributed by atoms with Gasteiger partial charge < -0.3 is 4.74 Å². The highest BCUT2D eigenvalue weighted by molar-refractivity contribution is 7.89. The summed E-state index contributed by atoms with van der Waals surface area (Å²) in [5, 5.41) is 9.78. The van der Waals surface area contributed by atoms with Gasteiger partial charge >= 0.3 is 0 Å². The van der Waals surface area contributed by atoms with Crippen LogP contribution in [0, 0.1) is 18.3 Å². The van der Waals surface area contributed by atoms with Crippen LogP contribution in [0.3, 0.4) is 0 Å². The minimum Gasteiger partial charge on any atom is -0.368 e. The molecule has 0 aliphatic carbocycles. The van der Waals surface area contributed by atoms with Crippen LogP contribution in [0.25, 0.3) is 0 Å². The van der Waals surface area contributed by atoms with Crippen LogP contribution in [0.5, 0.6) is 0 Å². The normalized spacial score (nSPS) is 16.0. The Hall–Kier alpha value is -2.73. The van der Waals surface area contributed by atoms with Crippen LogP contribution in [-0.4, -0.2) is 50.3 Å². The van der Waals surface area contributed by atoms with Crippen molar-refractivity contribution in [2.75, 3.05) is 32.7 Å². The second-order valence-electron chi connectivity index (χ2n) is 8.68. The first-order valence-electron chi connectivity index (χ1n) is 11.5. The molecule has 3 aromatic rings. The van der Waals surface area contributed by atoms with E-state index in [1.807, 2.05) is 36.4 Å². The van der Waals surface area contributed by atoms with E-state index in [9.17, 15) is 8.42 Å². The first-order valence-corrected chi connectivity index (χ1v) is 13.3. The molecule has 1 fully saturated rings. The first kappa shape index (κ1) is 25.4. The average molecular weight is 510 g/mol. The zero-order chi connectivity index (χ0) is 24.8. The molecular formula is C27H28ClN3O3S. The maximum Gasteiger partial charge on any atom is 0.243 e. The van der Waals surface area contributed by atoms with Crippen molar-refractivity contribution >= 4 is 21.6 Å². The van der Waals surface area contributed by atoms with E-state index < -0.39 is 10.0 Å². The number of piperazine rings is 1. The summed E-state index contributed by atoms with van der Waals surface area (Å²) < 4.78 is 34.0. The molecule has 0 unspecified atom stereocenters. The monoisotopic (exact) mass is 509 g/mol. The van der Waals surface area contributed by atoms with Gasteiger partial charge in [0.1, 0.15) is 0 Å². The van der Waals surface area contributed by atoms with Gasteiger partial charge in [-0.25, -0.2) is 8.42 Å². The highest BCUT2D eigenvalue weighted by Gasteiger charge is 2.30. The van der Waals surface area contributed by atoms with Gasteiger partial charge in [-0.15, -0.1) is 0 Å². The second-order valence-corrected chi connectivity index (χ2v) is 11.1. The van der Waals surface area contributed by atoms with E-state index >= 15 is 0 Å². The number of ether oxygens (including phenoxy) is 1.